The van der Waals surface area contributed by atoms with Crippen LogP contribution in [0.5, 0.6) is 28.7 Å². The molecule has 11 heteroatoms. The van der Waals surface area contributed by atoms with E-state index in [0.717, 1.165) is 12.1 Å². The van der Waals surface area contributed by atoms with Crippen LogP contribution in [0.3, 0.4) is 0 Å². The fourth-order valence-corrected chi connectivity index (χ4v) is 6.12. The number of ether oxygens (including phenoxy) is 5. The number of nitrogens with zero attached hydrogens (tertiary/aromatic N) is 1. The van der Waals surface area contributed by atoms with Crippen molar-refractivity contribution in [3.05, 3.63) is 70.8 Å². The summed E-state index contributed by atoms with van der Waals surface area (Å²) < 4.78 is 67.3. The van der Waals surface area contributed by atoms with E-state index in [-0.39, 0.29) is 19.2 Å². The van der Waals surface area contributed by atoms with E-state index in [2.05, 4.69) is 0 Å². The van der Waals surface area contributed by atoms with Crippen molar-refractivity contribution in [3.63, 3.8) is 0 Å². The summed E-state index contributed by atoms with van der Waals surface area (Å²) in [5.74, 6) is -0.0326. The Kier molecular flexibility index (Phi) is 6.21. The highest BCUT2D eigenvalue weighted by Crippen LogP contribution is 2.56. The molecule has 2 aliphatic heterocycles. The predicted molar refractivity (Wildman–Crippen MR) is 136 cm³/mol. The van der Waals surface area contributed by atoms with Crippen molar-refractivity contribution in [2.24, 2.45) is 11.8 Å². The van der Waals surface area contributed by atoms with Crippen LogP contribution in [-0.2, 0) is 11.0 Å². The quantitative estimate of drug-likeness (QED) is 0.477. The van der Waals surface area contributed by atoms with Gasteiger partial charge >= 0.3 is 6.18 Å². The van der Waals surface area contributed by atoms with Gasteiger partial charge in [0.1, 0.15) is 0 Å². The molecule has 0 radical (unpaired) electrons. The Bertz CT molecular complexity index is 1450. The fraction of sp³-hybridized carbons (Fsp3) is 0.345. The van der Waals surface area contributed by atoms with Crippen molar-refractivity contribution in [3.8, 4) is 28.7 Å². The molecule has 0 saturated carbocycles. The molecule has 0 unspecified atom stereocenters. The maximum atomic E-state index is 14.1. The summed E-state index contributed by atoms with van der Waals surface area (Å²) in [6.07, 6.45) is -5.53. The first-order chi connectivity index (χ1) is 19.2. The second-order valence-electron chi connectivity index (χ2n) is 9.90. The van der Waals surface area contributed by atoms with Crippen LogP contribution in [0.15, 0.2) is 48.5 Å². The van der Waals surface area contributed by atoms with E-state index in [1.54, 1.807) is 24.3 Å². The summed E-state index contributed by atoms with van der Waals surface area (Å²) in [5, 5.41) is 11.6. The maximum Gasteiger partial charge on any atom is 0.416 e. The Morgan fingerprint density at radius 2 is 1.50 bits per heavy atom. The molecule has 1 aliphatic carbocycles. The van der Waals surface area contributed by atoms with Gasteiger partial charge in [-0.15, -0.1) is 0 Å². The third-order valence-electron chi connectivity index (χ3n) is 7.95. The number of aliphatic hydroxyl groups excluding tert-OH is 1. The lowest BCUT2D eigenvalue weighted by Gasteiger charge is -2.37. The molecule has 6 rings (SSSR count). The lowest BCUT2D eigenvalue weighted by atomic mass is 9.66. The van der Waals surface area contributed by atoms with E-state index in [0.29, 0.717) is 51.1 Å². The molecular formula is C29H26F3NO7. The monoisotopic (exact) mass is 557 g/mol. The first kappa shape index (κ1) is 26.1. The van der Waals surface area contributed by atoms with Crippen molar-refractivity contribution in [1.82, 2.24) is 0 Å². The number of methoxy groups -OCH3 is 3. The number of halogens is 3. The van der Waals surface area contributed by atoms with Crippen molar-refractivity contribution < 1.29 is 46.8 Å². The molecule has 3 aliphatic rings. The highest BCUT2D eigenvalue weighted by molar-refractivity contribution is 5.99. The van der Waals surface area contributed by atoms with Crippen LogP contribution < -0.4 is 28.6 Å². The normalized spacial score (nSPS) is 23.1. The Labute approximate surface area is 227 Å². The number of fused-ring (bicyclic) bond motifs is 3. The van der Waals surface area contributed by atoms with Gasteiger partial charge in [-0.1, -0.05) is 0 Å². The molecule has 0 spiro atoms. The van der Waals surface area contributed by atoms with Gasteiger partial charge in [0.05, 0.1) is 38.9 Å². The molecule has 1 fully saturated rings. The Hall–Kier alpha value is -4.12. The van der Waals surface area contributed by atoms with Crippen molar-refractivity contribution in [2.45, 2.75) is 18.2 Å². The summed E-state index contributed by atoms with van der Waals surface area (Å²) >= 11 is 0. The van der Waals surface area contributed by atoms with Gasteiger partial charge in [-0.05, 0) is 65.2 Å². The van der Waals surface area contributed by atoms with Crippen LogP contribution in [0.2, 0.25) is 0 Å². The molecule has 8 nitrogen and oxygen atoms in total. The van der Waals surface area contributed by atoms with E-state index in [1.807, 2.05) is 0 Å². The average molecular weight is 558 g/mol. The standard InChI is InChI=1S/C29H26F3NO7/c1-36-22-8-14(9-23(37-2)27(22)38-3)24-17-10-20-21(40-13-39-20)11-18(17)26(34)19-12-33(28(35)25(19)24)16-6-4-15(5-7-16)29(30,31)32/h4-11,19,24-26,34H,12-13H2,1-3H3/t19-,24-,25+,26+/m1/s1. The second-order valence-corrected chi connectivity index (χ2v) is 9.90. The zero-order chi connectivity index (χ0) is 28.3. The van der Waals surface area contributed by atoms with Crippen LogP contribution in [0.25, 0.3) is 0 Å². The second kappa shape index (κ2) is 9.51. The van der Waals surface area contributed by atoms with Gasteiger partial charge in [0, 0.05) is 24.1 Å². The van der Waals surface area contributed by atoms with Crippen LogP contribution in [0.1, 0.15) is 34.3 Å². The van der Waals surface area contributed by atoms with Crippen molar-refractivity contribution in [1.29, 1.82) is 0 Å². The highest BCUT2D eigenvalue weighted by Gasteiger charge is 2.54. The topological polar surface area (TPSA) is 86.7 Å². The molecule has 1 saturated heterocycles. The van der Waals surface area contributed by atoms with Gasteiger partial charge in [-0.25, -0.2) is 0 Å². The number of carbonyl (C=O) groups excluding carboxylic acids is 1. The molecule has 3 aromatic carbocycles. The van der Waals surface area contributed by atoms with Crippen LogP contribution in [-0.4, -0.2) is 45.7 Å². The number of benzene rings is 3. The van der Waals surface area contributed by atoms with E-state index in [1.165, 1.54) is 38.4 Å². The maximum absolute atomic E-state index is 14.1. The minimum atomic E-state index is -4.50. The van der Waals surface area contributed by atoms with Crippen LogP contribution in [0.4, 0.5) is 18.9 Å². The molecule has 40 heavy (non-hydrogen) atoms. The molecule has 0 aromatic heterocycles. The van der Waals surface area contributed by atoms with Crippen molar-refractivity contribution in [2.75, 3.05) is 39.6 Å². The van der Waals surface area contributed by atoms with Gasteiger partial charge < -0.3 is 33.7 Å². The number of rotatable bonds is 5. The molecule has 210 valence electrons. The third-order valence-corrected chi connectivity index (χ3v) is 7.95. The number of alkyl halides is 3. The summed E-state index contributed by atoms with van der Waals surface area (Å²) in [6, 6.07) is 11.5. The van der Waals surface area contributed by atoms with E-state index in [4.69, 9.17) is 23.7 Å². The average Bonchev–Trinajstić information content (AvgIpc) is 3.55. The minimum Gasteiger partial charge on any atom is -0.493 e. The zero-order valence-corrected chi connectivity index (χ0v) is 21.8. The number of carbonyl (C=O) groups is 1. The first-order valence-corrected chi connectivity index (χ1v) is 12.6. The lowest BCUT2D eigenvalue weighted by Crippen LogP contribution is -2.35. The summed E-state index contributed by atoms with van der Waals surface area (Å²) in [4.78, 5) is 15.5. The first-order valence-electron chi connectivity index (χ1n) is 12.6. The summed E-state index contributed by atoms with van der Waals surface area (Å²) in [5.41, 5.74) is 1.46. The Morgan fingerprint density at radius 3 is 2.05 bits per heavy atom. The minimum absolute atomic E-state index is 0.0383. The largest absolute Gasteiger partial charge is 0.493 e. The molecule has 1 amide bonds. The number of anilines is 1. The van der Waals surface area contributed by atoms with Crippen LogP contribution in [0, 0.1) is 11.8 Å². The summed E-state index contributed by atoms with van der Waals surface area (Å²) in [7, 11) is 4.48. The molecular weight excluding hydrogens is 531 g/mol. The molecule has 2 heterocycles. The number of aliphatic hydroxyl groups is 1. The van der Waals surface area contributed by atoms with Gasteiger partial charge in [-0.3, -0.25) is 4.79 Å². The Balaban J connectivity index is 1.50. The zero-order valence-electron chi connectivity index (χ0n) is 21.8. The smallest absolute Gasteiger partial charge is 0.416 e. The SMILES string of the molecule is COc1cc([C@@H]2c3cc4c(cc3[C@H](O)[C@@H]3CN(c5ccc(C(F)(F)F)cc5)C(=O)[C@H]23)OCO4)cc(OC)c1OC. The van der Waals surface area contributed by atoms with Gasteiger partial charge in [0.25, 0.3) is 0 Å². The number of amides is 1. The Morgan fingerprint density at radius 1 is 0.900 bits per heavy atom. The number of hydrogen-bond donors (Lipinski definition) is 1. The van der Waals surface area contributed by atoms with E-state index < -0.39 is 35.6 Å². The van der Waals surface area contributed by atoms with Gasteiger partial charge in [0.2, 0.25) is 18.4 Å². The summed E-state index contributed by atoms with van der Waals surface area (Å²) in [6.45, 7) is 0.154. The van der Waals surface area contributed by atoms with E-state index >= 15 is 0 Å². The van der Waals surface area contributed by atoms with Crippen molar-refractivity contribution >= 4 is 11.6 Å². The fourth-order valence-electron chi connectivity index (χ4n) is 6.12. The van der Waals surface area contributed by atoms with E-state index in [9.17, 15) is 23.1 Å². The predicted octanol–water partition coefficient (Wildman–Crippen LogP) is 4.92. The number of hydrogen-bond acceptors (Lipinski definition) is 7. The molecule has 0 bridgehead atoms. The van der Waals surface area contributed by atoms with Gasteiger partial charge in [-0.2, -0.15) is 13.2 Å². The highest BCUT2D eigenvalue weighted by atomic mass is 19.4. The van der Waals surface area contributed by atoms with Gasteiger partial charge in [0.15, 0.2) is 23.0 Å². The lowest BCUT2D eigenvalue weighted by molar-refractivity contribution is -0.137. The third kappa shape index (κ3) is 3.98. The molecule has 3 aromatic rings. The molecule has 1 N–H and O–H groups in total. The van der Waals surface area contributed by atoms with Crippen LogP contribution >= 0.6 is 0 Å². The molecule has 4 atom stereocenters.